The number of carbonyl (C=O) groups is 2. The summed E-state index contributed by atoms with van der Waals surface area (Å²) in [6, 6.07) is 0. The topological polar surface area (TPSA) is 77.4 Å². The van der Waals surface area contributed by atoms with Gasteiger partial charge in [-0.3, -0.25) is 0 Å². The summed E-state index contributed by atoms with van der Waals surface area (Å²) in [6.07, 6.45) is 0.579. The highest BCUT2D eigenvalue weighted by Gasteiger charge is 1.97. The van der Waals surface area contributed by atoms with Crippen molar-refractivity contribution < 1.29 is 24.3 Å². The van der Waals surface area contributed by atoms with E-state index < -0.39 is 11.9 Å². The zero-order valence-corrected chi connectivity index (χ0v) is 9.90. The molecule has 0 aliphatic heterocycles. The Bertz CT molecular complexity index is 251. The summed E-state index contributed by atoms with van der Waals surface area (Å²) in [5, 5.41) is 17.8. The van der Waals surface area contributed by atoms with Crippen LogP contribution in [0.25, 0.3) is 0 Å². The van der Waals surface area contributed by atoms with Gasteiger partial charge in [0.2, 0.25) is 0 Å². The van der Waals surface area contributed by atoms with E-state index in [-0.39, 0.29) is 5.57 Å². The van der Waals surface area contributed by atoms with Crippen LogP contribution in [-0.2, 0) is 9.59 Å². The Morgan fingerprint density at radius 3 is 1.73 bits per heavy atom. The van der Waals surface area contributed by atoms with E-state index >= 15 is 0 Å². The van der Waals surface area contributed by atoms with Crippen LogP contribution in [0.3, 0.4) is 0 Å². The zero-order valence-electron chi connectivity index (χ0n) is 9.90. The molecule has 0 amide bonds. The van der Waals surface area contributed by atoms with E-state index in [1.807, 2.05) is 0 Å². The second kappa shape index (κ2) is 7.00. The Labute approximate surface area is 90.2 Å². The summed E-state index contributed by atoms with van der Waals surface area (Å²) in [5.41, 5.74) is -0.289. The largest absolute Gasteiger partial charge is 0.545 e. The Morgan fingerprint density at radius 2 is 1.67 bits per heavy atom. The highest BCUT2D eigenvalue weighted by molar-refractivity contribution is 5.92. The van der Waals surface area contributed by atoms with Crippen LogP contribution in [0.5, 0.6) is 0 Å². The van der Waals surface area contributed by atoms with Crippen molar-refractivity contribution in [2.75, 3.05) is 27.7 Å². The van der Waals surface area contributed by atoms with Crippen LogP contribution in [-0.4, -0.2) is 49.2 Å². The van der Waals surface area contributed by atoms with Gasteiger partial charge in [0.1, 0.15) is 0 Å². The molecule has 5 nitrogen and oxygen atoms in total. The highest BCUT2D eigenvalue weighted by Crippen LogP contribution is 1.87. The lowest BCUT2D eigenvalue weighted by Gasteiger charge is -2.20. The van der Waals surface area contributed by atoms with Crippen molar-refractivity contribution in [3.63, 3.8) is 0 Å². The molecule has 88 valence electrons. The summed E-state index contributed by atoms with van der Waals surface area (Å²) in [5.74, 6) is -2.74. The van der Waals surface area contributed by atoms with E-state index in [4.69, 9.17) is 5.11 Å². The molecule has 0 heterocycles. The smallest absolute Gasteiger partial charge is 0.328 e. The van der Waals surface area contributed by atoms with Gasteiger partial charge in [-0.1, -0.05) is 0 Å². The summed E-state index contributed by atoms with van der Waals surface area (Å²) in [6.45, 7) is 4.55. The number of carboxylic acid groups (broad SMARTS) is 2. The van der Waals surface area contributed by atoms with Gasteiger partial charge in [-0.2, -0.15) is 0 Å². The molecule has 0 saturated carbocycles. The van der Waals surface area contributed by atoms with Gasteiger partial charge in [-0.25, -0.2) is 4.79 Å². The lowest BCUT2D eigenvalue weighted by atomic mass is 10.3. The first-order chi connectivity index (χ1) is 6.60. The number of quaternary nitrogens is 1. The van der Waals surface area contributed by atoms with E-state index in [1.54, 1.807) is 0 Å². The molecule has 15 heavy (non-hydrogen) atoms. The minimum atomic E-state index is -1.46. The third-order valence-electron chi connectivity index (χ3n) is 1.61. The molecule has 0 spiro atoms. The number of carboxylic acids is 2. The number of hydrogen-bond donors (Lipinski definition) is 1. The van der Waals surface area contributed by atoms with Crippen molar-refractivity contribution in [1.29, 1.82) is 0 Å². The molecule has 0 rings (SSSR count). The van der Waals surface area contributed by atoms with Crippen molar-refractivity contribution in [1.82, 2.24) is 0 Å². The standard InChI is InChI=1S/C5H14N.C5H6O4/c1-5-6(2,3)4;1-3(5(8)9)2-4(6)7/h5H2,1-4H3;2H,1H3,(H,6,7)(H,8,9)/q+1;/p-1/b;3-2-. The molecule has 0 unspecified atom stereocenters. The van der Waals surface area contributed by atoms with Crippen molar-refractivity contribution in [2.24, 2.45) is 0 Å². The number of carbonyl (C=O) groups excluding carboxylic acids is 1. The first-order valence-corrected chi connectivity index (χ1v) is 4.53. The van der Waals surface area contributed by atoms with Crippen LogP contribution in [0.4, 0.5) is 0 Å². The maximum atomic E-state index is 9.79. The molecule has 0 aliphatic carbocycles. The average molecular weight is 217 g/mol. The fraction of sp³-hybridized carbons (Fsp3) is 0.600. The average Bonchev–Trinajstić information content (AvgIpc) is 2.02. The van der Waals surface area contributed by atoms with Crippen LogP contribution in [0.1, 0.15) is 13.8 Å². The molecule has 0 aliphatic rings. The molecule has 1 N–H and O–H groups in total. The van der Waals surface area contributed by atoms with Crippen LogP contribution >= 0.6 is 0 Å². The number of aliphatic carboxylic acids is 2. The van der Waals surface area contributed by atoms with E-state index in [1.165, 1.54) is 6.54 Å². The SMILES string of the molecule is C/C(=C/C(=O)O)C(=O)[O-].CC[N+](C)(C)C. The van der Waals surface area contributed by atoms with Gasteiger partial charge in [0, 0.05) is 6.08 Å². The highest BCUT2D eigenvalue weighted by atomic mass is 16.4. The third kappa shape index (κ3) is 15.4. The number of nitrogens with zero attached hydrogens (tertiary/aromatic N) is 1. The first-order valence-electron chi connectivity index (χ1n) is 4.53. The normalized spacial score (nSPS) is 11.4. The van der Waals surface area contributed by atoms with Gasteiger partial charge in [0.05, 0.1) is 33.7 Å². The van der Waals surface area contributed by atoms with Crippen LogP contribution in [0, 0.1) is 0 Å². The Hall–Kier alpha value is -1.36. The van der Waals surface area contributed by atoms with Crippen LogP contribution in [0.2, 0.25) is 0 Å². The molecule has 0 aromatic heterocycles. The molecule has 5 heteroatoms. The van der Waals surface area contributed by atoms with E-state index in [0.717, 1.165) is 11.4 Å². The minimum Gasteiger partial charge on any atom is -0.545 e. The third-order valence-corrected chi connectivity index (χ3v) is 1.61. The summed E-state index contributed by atoms with van der Waals surface area (Å²) in [4.78, 5) is 19.5. The van der Waals surface area contributed by atoms with Gasteiger partial charge in [-0.15, -0.1) is 0 Å². The van der Waals surface area contributed by atoms with Gasteiger partial charge >= 0.3 is 5.97 Å². The van der Waals surface area contributed by atoms with E-state index in [0.29, 0.717) is 6.08 Å². The maximum absolute atomic E-state index is 9.79. The number of rotatable bonds is 3. The number of hydrogen-bond acceptors (Lipinski definition) is 3. The summed E-state index contributed by atoms with van der Waals surface area (Å²) in [7, 11) is 6.54. The predicted molar refractivity (Wildman–Crippen MR) is 55.0 cm³/mol. The van der Waals surface area contributed by atoms with Crippen LogP contribution in [0.15, 0.2) is 11.6 Å². The zero-order chi connectivity index (χ0) is 12.6. The van der Waals surface area contributed by atoms with Crippen molar-refractivity contribution in [3.05, 3.63) is 11.6 Å². The quantitative estimate of drug-likeness (QED) is 0.509. The fourth-order valence-electron chi connectivity index (χ4n) is 0.244. The molecule has 0 atom stereocenters. The molecule has 0 aromatic rings. The summed E-state index contributed by atoms with van der Waals surface area (Å²) < 4.78 is 1.07. The Kier molecular flexibility index (Phi) is 7.51. The molecule has 0 radical (unpaired) electrons. The van der Waals surface area contributed by atoms with Gasteiger partial charge in [0.15, 0.2) is 0 Å². The molecule has 0 bridgehead atoms. The van der Waals surface area contributed by atoms with Gasteiger partial charge < -0.3 is 19.5 Å². The van der Waals surface area contributed by atoms with E-state index in [9.17, 15) is 14.7 Å². The molecular formula is C10H19NO4. The van der Waals surface area contributed by atoms with Crippen molar-refractivity contribution in [2.45, 2.75) is 13.8 Å². The maximum Gasteiger partial charge on any atom is 0.328 e. The Morgan fingerprint density at radius 1 is 1.33 bits per heavy atom. The monoisotopic (exact) mass is 217 g/mol. The lowest BCUT2D eigenvalue weighted by molar-refractivity contribution is -0.868. The Balaban J connectivity index is 0. The predicted octanol–water partition coefficient (Wildman–Crippen LogP) is -0.520. The van der Waals surface area contributed by atoms with Gasteiger partial charge in [0.25, 0.3) is 0 Å². The second-order valence-electron chi connectivity index (χ2n) is 4.06. The fourth-order valence-corrected chi connectivity index (χ4v) is 0.244. The summed E-state index contributed by atoms with van der Waals surface area (Å²) >= 11 is 0. The van der Waals surface area contributed by atoms with Crippen molar-refractivity contribution >= 4 is 11.9 Å². The second-order valence-corrected chi connectivity index (χ2v) is 4.06. The minimum absolute atomic E-state index is 0.289. The molecule has 0 aromatic carbocycles. The first kappa shape index (κ1) is 16.1. The molecular weight excluding hydrogens is 198 g/mol. The lowest BCUT2D eigenvalue weighted by Crippen LogP contribution is -2.33. The molecule has 0 fully saturated rings. The van der Waals surface area contributed by atoms with Gasteiger partial charge in [-0.05, 0) is 19.4 Å². The van der Waals surface area contributed by atoms with Crippen molar-refractivity contribution in [3.8, 4) is 0 Å². The van der Waals surface area contributed by atoms with Crippen LogP contribution < -0.4 is 5.11 Å². The van der Waals surface area contributed by atoms with E-state index in [2.05, 4.69) is 28.1 Å². The molecule has 0 saturated heterocycles.